The maximum absolute atomic E-state index is 13.3. The third kappa shape index (κ3) is 2.53. The first-order valence-corrected chi connectivity index (χ1v) is 5.78. The van der Waals surface area contributed by atoms with Gasteiger partial charge in [0.05, 0.1) is 11.6 Å². The summed E-state index contributed by atoms with van der Waals surface area (Å²) in [6.07, 6.45) is 1.25. The summed E-state index contributed by atoms with van der Waals surface area (Å²) >= 11 is 5.57. The Bertz CT molecular complexity index is 717. The van der Waals surface area contributed by atoms with Crippen LogP contribution in [0.25, 0.3) is 0 Å². The number of aryl methyl sites for hydroxylation is 1. The van der Waals surface area contributed by atoms with Gasteiger partial charge in [0.1, 0.15) is 11.5 Å². The van der Waals surface area contributed by atoms with Crippen LogP contribution in [0.2, 0.25) is 5.02 Å². The predicted octanol–water partition coefficient (Wildman–Crippen LogP) is 0.970. The predicted molar refractivity (Wildman–Crippen MR) is 70.9 cm³/mol. The molecular weight excluding hydrogens is 273 g/mol. The monoisotopic (exact) mass is 283 g/mol. The number of hydrogen-bond acceptors (Lipinski definition) is 3. The molecule has 0 amide bonds. The second kappa shape index (κ2) is 4.89. The molecule has 2 rings (SSSR count). The molecule has 0 saturated heterocycles. The highest BCUT2D eigenvalue weighted by atomic mass is 35.5. The van der Waals surface area contributed by atoms with Crippen LogP contribution < -0.4 is 17.0 Å². The van der Waals surface area contributed by atoms with Crippen LogP contribution >= 0.6 is 11.6 Å². The molecule has 1 aromatic heterocycles. The van der Waals surface area contributed by atoms with Crippen LogP contribution in [0.4, 0.5) is 10.1 Å². The number of nitrogens with two attached hydrogens (primary N) is 1. The number of benzene rings is 1. The Kier molecular flexibility index (Phi) is 3.44. The van der Waals surface area contributed by atoms with Crippen LogP contribution in [0.5, 0.6) is 0 Å². The topological polar surface area (TPSA) is 70.0 Å². The molecule has 0 bridgehead atoms. The summed E-state index contributed by atoms with van der Waals surface area (Å²) in [7, 11) is 1.48. The number of hydrogen-bond donors (Lipinski definition) is 1. The SMILES string of the molecule is Cn1cc(N)c(=O)n(Cc2ccc(Cl)c(F)c2)c1=O. The first-order valence-electron chi connectivity index (χ1n) is 5.40. The zero-order valence-corrected chi connectivity index (χ0v) is 10.8. The highest BCUT2D eigenvalue weighted by Crippen LogP contribution is 2.15. The van der Waals surface area contributed by atoms with Crippen molar-refractivity contribution in [3.05, 3.63) is 61.6 Å². The Labute approximate surface area is 112 Å². The summed E-state index contributed by atoms with van der Waals surface area (Å²) in [5.41, 5.74) is 4.80. The van der Waals surface area contributed by atoms with Gasteiger partial charge < -0.3 is 10.3 Å². The van der Waals surface area contributed by atoms with Crippen LogP contribution in [0.15, 0.2) is 34.0 Å². The van der Waals surface area contributed by atoms with E-state index in [9.17, 15) is 14.0 Å². The van der Waals surface area contributed by atoms with E-state index in [1.54, 1.807) is 6.07 Å². The third-order valence-electron chi connectivity index (χ3n) is 2.68. The van der Waals surface area contributed by atoms with Gasteiger partial charge in [-0.3, -0.25) is 9.36 Å². The van der Waals surface area contributed by atoms with Crippen molar-refractivity contribution in [2.24, 2.45) is 7.05 Å². The van der Waals surface area contributed by atoms with Gasteiger partial charge in [-0.2, -0.15) is 0 Å². The summed E-state index contributed by atoms with van der Waals surface area (Å²) in [6.45, 7) is -0.0648. The van der Waals surface area contributed by atoms with E-state index in [0.717, 1.165) is 4.57 Å². The summed E-state index contributed by atoms with van der Waals surface area (Å²) in [4.78, 5) is 23.7. The highest BCUT2D eigenvalue weighted by molar-refractivity contribution is 6.30. The lowest BCUT2D eigenvalue weighted by atomic mass is 10.2. The fourth-order valence-corrected chi connectivity index (χ4v) is 1.83. The van der Waals surface area contributed by atoms with Gasteiger partial charge in [0.2, 0.25) is 0 Å². The van der Waals surface area contributed by atoms with Crippen molar-refractivity contribution in [3.8, 4) is 0 Å². The van der Waals surface area contributed by atoms with Crippen LogP contribution in [-0.4, -0.2) is 9.13 Å². The highest BCUT2D eigenvalue weighted by Gasteiger charge is 2.09. The minimum atomic E-state index is -0.604. The standard InChI is InChI=1S/C12H11ClFN3O2/c1-16-6-10(15)11(18)17(12(16)19)5-7-2-3-8(13)9(14)4-7/h2-4,6H,5,15H2,1H3. The molecule has 0 fully saturated rings. The summed E-state index contributed by atoms with van der Waals surface area (Å²) < 4.78 is 15.5. The average molecular weight is 284 g/mol. The molecule has 0 unspecified atom stereocenters. The van der Waals surface area contributed by atoms with Gasteiger partial charge in [-0.1, -0.05) is 17.7 Å². The number of halogens is 2. The molecule has 100 valence electrons. The maximum atomic E-state index is 13.3. The molecule has 0 aliphatic rings. The van der Waals surface area contributed by atoms with Crippen molar-refractivity contribution in [1.29, 1.82) is 0 Å². The zero-order chi connectivity index (χ0) is 14.2. The lowest BCUT2D eigenvalue weighted by Crippen LogP contribution is -2.39. The average Bonchev–Trinajstić information content (AvgIpc) is 2.36. The fraction of sp³-hybridized carbons (Fsp3) is 0.167. The molecule has 0 spiro atoms. The van der Waals surface area contributed by atoms with E-state index >= 15 is 0 Å². The normalized spacial score (nSPS) is 10.7. The van der Waals surface area contributed by atoms with Gasteiger partial charge in [-0.25, -0.2) is 9.18 Å². The van der Waals surface area contributed by atoms with E-state index in [0.29, 0.717) is 5.56 Å². The number of aromatic nitrogens is 2. The maximum Gasteiger partial charge on any atom is 0.331 e. The molecule has 0 aliphatic carbocycles. The quantitative estimate of drug-likeness (QED) is 0.893. The Morgan fingerprint density at radius 2 is 2.05 bits per heavy atom. The molecule has 19 heavy (non-hydrogen) atoms. The lowest BCUT2D eigenvalue weighted by Gasteiger charge is -2.08. The van der Waals surface area contributed by atoms with E-state index in [-0.39, 0.29) is 17.3 Å². The van der Waals surface area contributed by atoms with Crippen molar-refractivity contribution in [3.63, 3.8) is 0 Å². The minimum Gasteiger partial charge on any atom is -0.393 e. The summed E-state index contributed by atoms with van der Waals surface area (Å²) in [5, 5.41) is -0.0171. The molecular formula is C12H11ClFN3O2. The Hall–Kier alpha value is -2.08. The molecule has 5 nitrogen and oxygen atoms in total. The largest absolute Gasteiger partial charge is 0.393 e. The van der Waals surface area contributed by atoms with Crippen LogP contribution in [0.3, 0.4) is 0 Å². The smallest absolute Gasteiger partial charge is 0.331 e. The van der Waals surface area contributed by atoms with Crippen LogP contribution in [-0.2, 0) is 13.6 Å². The summed E-state index contributed by atoms with van der Waals surface area (Å²) in [6, 6.07) is 4.09. The van der Waals surface area contributed by atoms with E-state index in [1.807, 2.05) is 0 Å². The Morgan fingerprint density at radius 1 is 1.37 bits per heavy atom. The van der Waals surface area contributed by atoms with Crippen molar-refractivity contribution in [2.75, 3.05) is 5.73 Å². The fourth-order valence-electron chi connectivity index (χ4n) is 1.71. The van der Waals surface area contributed by atoms with E-state index in [4.69, 9.17) is 17.3 Å². The van der Waals surface area contributed by atoms with Gasteiger partial charge in [-0.05, 0) is 17.7 Å². The van der Waals surface area contributed by atoms with E-state index in [2.05, 4.69) is 0 Å². The van der Waals surface area contributed by atoms with E-state index in [1.165, 1.54) is 29.9 Å². The minimum absolute atomic E-state index is 0.0171. The molecule has 0 atom stereocenters. The second-order valence-electron chi connectivity index (χ2n) is 4.12. The molecule has 2 aromatic rings. The first kappa shape index (κ1) is 13.4. The number of nitrogen functional groups attached to an aromatic ring is 1. The molecule has 0 radical (unpaired) electrons. The molecule has 7 heteroatoms. The van der Waals surface area contributed by atoms with Gasteiger partial charge in [0.25, 0.3) is 5.56 Å². The first-order chi connectivity index (χ1) is 8.90. The number of rotatable bonds is 2. The zero-order valence-electron chi connectivity index (χ0n) is 10.1. The molecule has 0 saturated carbocycles. The number of anilines is 1. The van der Waals surface area contributed by atoms with Gasteiger partial charge in [0.15, 0.2) is 0 Å². The Balaban J connectivity index is 2.52. The van der Waals surface area contributed by atoms with Crippen LogP contribution in [0, 0.1) is 5.82 Å². The molecule has 1 heterocycles. The van der Waals surface area contributed by atoms with Crippen molar-refractivity contribution >= 4 is 17.3 Å². The molecule has 2 N–H and O–H groups in total. The second-order valence-corrected chi connectivity index (χ2v) is 4.52. The van der Waals surface area contributed by atoms with Crippen LogP contribution in [0.1, 0.15) is 5.56 Å². The number of nitrogens with zero attached hydrogens (tertiary/aromatic N) is 2. The van der Waals surface area contributed by atoms with Gasteiger partial charge >= 0.3 is 5.69 Å². The molecule has 1 aromatic carbocycles. The summed E-state index contributed by atoms with van der Waals surface area (Å²) in [5.74, 6) is -0.604. The Morgan fingerprint density at radius 3 is 2.68 bits per heavy atom. The lowest BCUT2D eigenvalue weighted by molar-refractivity contribution is 0.614. The van der Waals surface area contributed by atoms with E-state index < -0.39 is 17.1 Å². The van der Waals surface area contributed by atoms with Gasteiger partial charge in [0, 0.05) is 13.2 Å². The van der Waals surface area contributed by atoms with Crippen molar-refractivity contribution in [1.82, 2.24) is 9.13 Å². The molecule has 0 aliphatic heterocycles. The third-order valence-corrected chi connectivity index (χ3v) is 2.99. The van der Waals surface area contributed by atoms with Crippen molar-refractivity contribution in [2.45, 2.75) is 6.54 Å². The van der Waals surface area contributed by atoms with Gasteiger partial charge in [-0.15, -0.1) is 0 Å². The van der Waals surface area contributed by atoms with Crippen molar-refractivity contribution < 1.29 is 4.39 Å².